The predicted octanol–water partition coefficient (Wildman–Crippen LogP) is 5.90. The highest BCUT2D eigenvalue weighted by Crippen LogP contribution is 2.35. The van der Waals surface area contributed by atoms with Crippen LogP contribution in [0.4, 0.5) is 13.2 Å². The maximum atomic E-state index is 13.1. The molecule has 3 rings (SSSR count). The van der Waals surface area contributed by atoms with Crippen molar-refractivity contribution < 1.29 is 37.3 Å². The lowest BCUT2D eigenvalue weighted by atomic mass is 10.0. The Hall–Kier alpha value is -3.75. The summed E-state index contributed by atoms with van der Waals surface area (Å²) >= 11 is 0. The van der Waals surface area contributed by atoms with Gasteiger partial charge in [0.25, 0.3) is 5.91 Å². The number of hydrogen-bond acceptors (Lipinski definition) is 4. The number of hydrogen-bond donors (Lipinski definition) is 1. The molecule has 0 amide bonds. The second-order valence-electron chi connectivity index (χ2n) is 7.79. The van der Waals surface area contributed by atoms with Crippen LogP contribution in [-0.2, 0) is 11.2 Å². The van der Waals surface area contributed by atoms with Crippen molar-refractivity contribution in [2.24, 2.45) is 0 Å². The number of fused-ring (bicyclic) bond motifs is 1. The van der Waals surface area contributed by atoms with Crippen LogP contribution < -0.4 is 9.47 Å². The summed E-state index contributed by atoms with van der Waals surface area (Å²) in [7, 11) is 0. The van der Waals surface area contributed by atoms with Gasteiger partial charge in [-0.25, -0.2) is 4.79 Å². The standard InChI is InChI=1S/C25H24F3NO5/c1-5-14(2)23(30)29-15(3)19(20-13-18(10-11-21(20)29)34-25(26,27)28)12-17-8-6-7-9-22(17)33-16(4)24(31)32/h5-11,13,16H,12H2,1-4H3,(H,31,32)/b14-5+/t16-/m1/s1. The molecule has 1 heterocycles. The zero-order valence-electron chi connectivity index (χ0n) is 19.1. The van der Waals surface area contributed by atoms with Crippen molar-refractivity contribution in [2.45, 2.75) is 46.6 Å². The Balaban J connectivity index is 2.18. The van der Waals surface area contributed by atoms with Gasteiger partial charge >= 0.3 is 12.3 Å². The molecule has 3 aromatic rings. The van der Waals surface area contributed by atoms with Gasteiger partial charge in [0.1, 0.15) is 11.5 Å². The maximum Gasteiger partial charge on any atom is 0.573 e. The van der Waals surface area contributed by atoms with Gasteiger partial charge in [-0.3, -0.25) is 9.36 Å². The summed E-state index contributed by atoms with van der Waals surface area (Å²) in [4.78, 5) is 24.3. The molecule has 0 fully saturated rings. The van der Waals surface area contributed by atoms with Crippen molar-refractivity contribution in [3.05, 3.63) is 70.9 Å². The van der Waals surface area contributed by atoms with Gasteiger partial charge in [0.15, 0.2) is 6.10 Å². The highest BCUT2D eigenvalue weighted by molar-refractivity contribution is 6.03. The van der Waals surface area contributed by atoms with E-state index in [0.29, 0.717) is 39.0 Å². The average molecular weight is 475 g/mol. The average Bonchev–Trinajstić information content (AvgIpc) is 3.03. The van der Waals surface area contributed by atoms with E-state index < -0.39 is 24.2 Å². The summed E-state index contributed by atoms with van der Waals surface area (Å²) in [6.07, 6.45) is -4.12. The molecule has 0 bridgehead atoms. The normalized spacial score (nSPS) is 13.1. The Labute approximate surface area is 194 Å². The molecule has 0 saturated carbocycles. The lowest BCUT2D eigenvalue weighted by Gasteiger charge is -2.15. The second kappa shape index (κ2) is 9.62. The number of benzene rings is 2. The number of carbonyl (C=O) groups excluding carboxylic acids is 1. The largest absolute Gasteiger partial charge is 0.573 e. The summed E-state index contributed by atoms with van der Waals surface area (Å²) in [5, 5.41) is 9.61. The van der Waals surface area contributed by atoms with Gasteiger partial charge in [-0.2, -0.15) is 0 Å². The fourth-order valence-corrected chi connectivity index (χ4v) is 3.64. The van der Waals surface area contributed by atoms with E-state index >= 15 is 0 Å². The molecular formula is C25H24F3NO5. The van der Waals surface area contributed by atoms with E-state index in [9.17, 15) is 27.9 Å². The van der Waals surface area contributed by atoms with Crippen LogP contribution in [0.2, 0.25) is 0 Å². The number of ether oxygens (including phenoxy) is 2. The van der Waals surface area contributed by atoms with Crippen molar-refractivity contribution in [3.8, 4) is 11.5 Å². The van der Waals surface area contributed by atoms with Crippen LogP contribution in [-0.4, -0.2) is 34.0 Å². The lowest BCUT2D eigenvalue weighted by molar-refractivity contribution is -0.274. The Morgan fingerprint density at radius 3 is 2.47 bits per heavy atom. The molecule has 0 aliphatic rings. The van der Waals surface area contributed by atoms with Crippen molar-refractivity contribution in [3.63, 3.8) is 0 Å². The molecule has 0 spiro atoms. The summed E-state index contributed by atoms with van der Waals surface area (Å²) in [5.41, 5.74) is 2.67. The van der Waals surface area contributed by atoms with Gasteiger partial charge in [-0.05, 0) is 63.1 Å². The van der Waals surface area contributed by atoms with E-state index in [4.69, 9.17) is 4.74 Å². The monoisotopic (exact) mass is 475 g/mol. The van der Waals surface area contributed by atoms with E-state index in [0.717, 1.165) is 0 Å². The SMILES string of the molecule is C/C=C(\C)C(=O)n1c(C)c(Cc2ccccc2O[C@H](C)C(=O)O)c2cc(OC(F)(F)F)ccc21. The summed E-state index contributed by atoms with van der Waals surface area (Å²) in [6.45, 7) is 6.49. The van der Waals surface area contributed by atoms with Crippen molar-refractivity contribution >= 4 is 22.8 Å². The van der Waals surface area contributed by atoms with E-state index in [2.05, 4.69) is 4.74 Å². The molecule has 0 saturated heterocycles. The van der Waals surface area contributed by atoms with Crippen LogP contribution in [0.3, 0.4) is 0 Å². The number of nitrogens with zero attached hydrogens (tertiary/aromatic N) is 1. The summed E-state index contributed by atoms with van der Waals surface area (Å²) in [5.74, 6) is -1.51. The van der Waals surface area contributed by atoms with Crippen LogP contribution >= 0.6 is 0 Å². The third kappa shape index (κ3) is 5.24. The van der Waals surface area contributed by atoms with Crippen molar-refractivity contribution in [2.75, 3.05) is 0 Å². The molecule has 1 atom stereocenters. The molecule has 2 aromatic carbocycles. The number of aliphatic carboxylic acids is 1. The molecule has 34 heavy (non-hydrogen) atoms. The zero-order chi connectivity index (χ0) is 25.2. The number of alkyl halides is 3. The number of carboxylic acids is 1. The number of rotatable bonds is 7. The molecule has 180 valence electrons. The molecule has 1 aromatic heterocycles. The van der Waals surface area contributed by atoms with Crippen LogP contribution in [0.15, 0.2) is 54.1 Å². The van der Waals surface area contributed by atoms with Crippen LogP contribution in [0, 0.1) is 6.92 Å². The highest BCUT2D eigenvalue weighted by atomic mass is 19.4. The number of aromatic nitrogens is 1. The molecule has 0 unspecified atom stereocenters. The fraction of sp³-hybridized carbons (Fsp3) is 0.280. The predicted molar refractivity (Wildman–Crippen MR) is 120 cm³/mol. The molecular weight excluding hydrogens is 451 g/mol. The van der Waals surface area contributed by atoms with E-state index in [1.807, 2.05) is 0 Å². The van der Waals surface area contributed by atoms with Gasteiger partial charge in [0.2, 0.25) is 0 Å². The number of para-hydroxylation sites is 1. The van der Waals surface area contributed by atoms with E-state index in [1.165, 1.54) is 29.7 Å². The minimum atomic E-state index is -4.86. The number of halogens is 3. The van der Waals surface area contributed by atoms with Crippen LogP contribution in [0.5, 0.6) is 11.5 Å². The van der Waals surface area contributed by atoms with Gasteiger partial charge in [0, 0.05) is 23.1 Å². The number of carboxylic acid groups (broad SMARTS) is 1. The topological polar surface area (TPSA) is 77.8 Å². The third-order valence-corrected chi connectivity index (χ3v) is 5.50. The van der Waals surface area contributed by atoms with Gasteiger partial charge in [-0.15, -0.1) is 13.2 Å². The fourth-order valence-electron chi connectivity index (χ4n) is 3.64. The van der Waals surface area contributed by atoms with E-state index in [-0.39, 0.29) is 12.3 Å². The first-order valence-corrected chi connectivity index (χ1v) is 10.5. The highest BCUT2D eigenvalue weighted by Gasteiger charge is 2.31. The van der Waals surface area contributed by atoms with Crippen molar-refractivity contribution in [1.82, 2.24) is 4.57 Å². The molecule has 0 aliphatic carbocycles. The Morgan fingerprint density at radius 1 is 1.18 bits per heavy atom. The Morgan fingerprint density at radius 2 is 1.85 bits per heavy atom. The lowest BCUT2D eigenvalue weighted by Crippen LogP contribution is -2.23. The van der Waals surface area contributed by atoms with Crippen LogP contribution in [0.1, 0.15) is 42.4 Å². The number of allylic oxidation sites excluding steroid dienone is 2. The zero-order valence-corrected chi connectivity index (χ0v) is 19.1. The molecule has 1 N–H and O–H groups in total. The smallest absolute Gasteiger partial charge is 0.479 e. The Bertz CT molecular complexity index is 1270. The minimum absolute atomic E-state index is 0.190. The first-order chi connectivity index (χ1) is 15.9. The summed E-state index contributed by atoms with van der Waals surface area (Å²) < 4.78 is 49.7. The molecule has 6 nitrogen and oxygen atoms in total. The van der Waals surface area contributed by atoms with Crippen LogP contribution in [0.25, 0.3) is 10.9 Å². The second-order valence-corrected chi connectivity index (χ2v) is 7.79. The van der Waals surface area contributed by atoms with Gasteiger partial charge < -0.3 is 14.6 Å². The maximum absolute atomic E-state index is 13.1. The minimum Gasteiger partial charge on any atom is -0.479 e. The Kier molecular flexibility index (Phi) is 7.04. The first kappa shape index (κ1) is 24.9. The number of carbonyl (C=O) groups is 2. The van der Waals surface area contributed by atoms with Crippen molar-refractivity contribution in [1.29, 1.82) is 0 Å². The molecule has 0 radical (unpaired) electrons. The third-order valence-electron chi connectivity index (χ3n) is 5.50. The molecule has 9 heteroatoms. The summed E-state index contributed by atoms with van der Waals surface area (Å²) in [6, 6.07) is 10.6. The first-order valence-electron chi connectivity index (χ1n) is 10.5. The quantitative estimate of drug-likeness (QED) is 0.431. The van der Waals surface area contributed by atoms with Gasteiger partial charge in [0.05, 0.1) is 5.52 Å². The molecule has 0 aliphatic heterocycles. The van der Waals surface area contributed by atoms with E-state index in [1.54, 1.807) is 51.1 Å². The van der Waals surface area contributed by atoms with Gasteiger partial charge in [-0.1, -0.05) is 24.3 Å².